The number of halogens is 3. The number of nitrogens with zero attached hydrogens (tertiary/aromatic N) is 1. The minimum Gasteiger partial charge on any atom is -0.346 e. The zero-order valence-corrected chi connectivity index (χ0v) is 16.5. The SMILES string of the molecule is CCCN(CCC)S(=O)(=O)c1ccc(C(=O)NCC(F)(F)CN)cc1.Cl. The van der Waals surface area contributed by atoms with Crippen molar-refractivity contribution >= 4 is 28.3 Å². The van der Waals surface area contributed by atoms with Crippen LogP contribution in [0.1, 0.15) is 37.0 Å². The van der Waals surface area contributed by atoms with E-state index in [2.05, 4.69) is 5.32 Å². The van der Waals surface area contributed by atoms with Crippen LogP contribution in [-0.2, 0) is 10.0 Å². The Hall–Kier alpha value is -1.29. The molecule has 0 heterocycles. The molecule has 1 aromatic rings. The molecule has 1 amide bonds. The second-order valence-corrected chi connectivity index (χ2v) is 7.61. The first-order valence-electron chi connectivity index (χ1n) is 8.14. The summed E-state index contributed by atoms with van der Waals surface area (Å²) in [4.78, 5) is 11.9. The number of amides is 1. The third-order valence-corrected chi connectivity index (χ3v) is 5.42. The highest BCUT2D eigenvalue weighted by atomic mass is 35.5. The second-order valence-electron chi connectivity index (χ2n) is 5.67. The quantitative estimate of drug-likeness (QED) is 0.615. The minimum atomic E-state index is -3.64. The monoisotopic (exact) mass is 413 g/mol. The number of rotatable bonds is 10. The molecule has 0 saturated carbocycles. The number of hydrogen-bond donors (Lipinski definition) is 2. The molecule has 0 aliphatic heterocycles. The van der Waals surface area contributed by atoms with Gasteiger partial charge in [-0.1, -0.05) is 13.8 Å². The average Bonchev–Trinajstić information content (AvgIpc) is 2.59. The van der Waals surface area contributed by atoms with Crippen molar-refractivity contribution in [2.75, 3.05) is 26.2 Å². The standard InChI is InChI=1S/C16H25F2N3O3S.ClH/c1-3-9-21(10-4-2)25(23,24)14-7-5-13(6-8-14)15(22)20-12-16(17,18)11-19;/h5-8H,3-4,9-12,19H2,1-2H3,(H,20,22);1H. The van der Waals surface area contributed by atoms with Gasteiger partial charge in [0, 0.05) is 18.7 Å². The van der Waals surface area contributed by atoms with E-state index in [1.54, 1.807) is 0 Å². The maximum atomic E-state index is 13.1. The lowest BCUT2D eigenvalue weighted by Gasteiger charge is -2.21. The summed E-state index contributed by atoms with van der Waals surface area (Å²) in [5.41, 5.74) is 5.01. The molecule has 0 saturated heterocycles. The van der Waals surface area contributed by atoms with Crippen LogP contribution in [0.3, 0.4) is 0 Å². The highest BCUT2D eigenvalue weighted by Gasteiger charge is 2.27. The molecule has 1 rings (SSSR count). The van der Waals surface area contributed by atoms with Gasteiger partial charge in [-0.25, -0.2) is 17.2 Å². The molecule has 0 spiro atoms. The Kier molecular flexibility index (Phi) is 10.2. The van der Waals surface area contributed by atoms with Gasteiger partial charge in [0.1, 0.15) is 0 Å². The lowest BCUT2D eigenvalue weighted by Crippen LogP contribution is -2.41. The van der Waals surface area contributed by atoms with E-state index in [1.807, 2.05) is 13.8 Å². The number of carbonyl (C=O) groups is 1. The second kappa shape index (κ2) is 10.8. The molecule has 10 heteroatoms. The molecule has 0 radical (unpaired) electrons. The number of nitrogens with two attached hydrogens (primary N) is 1. The fraction of sp³-hybridized carbons (Fsp3) is 0.562. The number of sulfonamides is 1. The van der Waals surface area contributed by atoms with Crippen molar-refractivity contribution in [3.8, 4) is 0 Å². The Morgan fingerprint density at radius 1 is 1.15 bits per heavy atom. The molecule has 3 N–H and O–H groups in total. The van der Waals surface area contributed by atoms with Crippen molar-refractivity contribution < 1.29 is 22.0 Å². The fourth-order valence-corrected chi connectivity index (χ4v) is 3.79. The van der Waals surface area contributed by atoms with Crippen molar-refractivity contribution in [1.29, 1.82) is 0 Å². The summed E-state index contributed by atoms with van der Waals surface area (Å²) >= 11 is 0. The van der Waals surface area contributed by atoms with Gasteiger partial charge in [0.2, 0.25) is 10.0 Å². The molecule has 6 nitrogen and oxygen atoms in total. The Labute approximate surface area is 159 Å². The number of hydrogen-bond acceptors (Lipinski definition) is 4. The summed E-state index contributed by atoms with van der Waals surface area (Å²) < 4.78 is 52.7. The molecule has 1 aromatic carbocycles. The van der Waals surface area contributed by atoms with Crippen LogP contribution in [0.2, 0.25) is 0 Å². The normalized spacial score (nSPS) is 11.9. The van der Waals surface area contributed by atoms with Crippen LogP contribution in [0.5, 0.6) is 0 Å². The van der Waals surface area contributed by atoms with Gasteiger partial charge in [0.15, 0.2) is 0 Å². The van der Waals surface area contributed by atoms with Crippen LogP contribution >= 0.6 is 12.4 Å². The molecule has 0 aliphatic rings. The van der Waals surface area contributed by atoms with E-state index in [1.165, 1.54) is 28.6 Å². The number of alkyl halides is 2. The van der Waals surface area contributed by atoms with Gasteiger partial charge in [-0.15, -0.1) is 12.4 Å². The van der Waals surface area contributed by atoms with Gasteiger partial charge < -0.3 is 11.1 Å². The summed E-state index contributed by atoms with van der Waals surface area (Å²) in [6, 6.07) is 5.23. The Morgan fingerprint density at radius 2 is 1.65 bits per heavy atom. The molecular weight excluding hydrogens is 388 g/mol. The molecule has 0 fully saturated rings. The summed E-state index contributed by atoms with van der Waals surface area (Å²) in [6.07, 6.45) is 1.38. The maximum Gasteiger partial charge on any atom is 0.277 e. The van der Waals surface area contributed by atoms with Crippen LogP contribution in [0.4, 0.5) is 8.78 Å². The van der Waals surface area contributed by atoms with Crippen LogP contribution in [0.25, 0.3) is 0 Å². The Balaban J connectivity index is 0.00000625. The third kappa shape index (κ3) is 6.79. The van der Waals surface area contributed by atoms with Crippen LogP contribution in [0, 0.1) is 0 Å². The zero-order valence-electron chi connectivity index (χ0n) is 14.9. The highest BCUT2D eigenvalue weighted by molar-refractivity contribution is 7.89. The van der Waals surface area contributed by atoms with E-state index in [-0.39, 0.29) is 22.9 Å². The van der Waals surface area contributed by atoms with Crippen molar-refractivity contribution in [1.82, 2.24) is 9.62 Å². The van der Waals surface area contributed by atoms with Crippen LogP contribution in [-0.4, -0.2) is 50.7 Å². The minimum absolute atomic E-state index is 0. The van der Waals surface area contributed by atoms with Crippen molar-refractivity contribution in [2.24, 2.45) is 5.73 Å². The Bertz CT molecular complexity index is 664. The van der Waals surface area contributed by atoms with E-state index in [4.69, 9.17) is 5.73 Å². The van der Waals surface area contributed by atoms with Crippen LogP contribution in [0.15, 0.2) is 29.2 Å². The molecule has 0 atom stereocenters. The molecule has 0 bridgehead atoms. The van der Waals surface area contributed by atoms with Gasteiger partial charge in [0.05, 0.1) is 18.0 Å². The first kappa shape index (κ1) is 24.7. The van der Waals surface area contributed by atoms with Gasteiger partial charge in [-0.2, -0.15) is 4.31 Å². The van der Waals surface area contributed by atoms with Crippen molar-refractivity contribution in [3.05, 3.63) is 29.8 Å². The summed E-state index contributed by atoms with van der Waals surface area (Å²) in [5.74, 6) is -3.89. The molecule has 150 valence electrons. The maximum absolute atomic E-state index is 13.1. The van der Waals surface area contributed by atoms with E-state index in [9.17, 15) is 22.0 Å². The molecule has 0 aliphatic carbocycles. The topological polar surface area (TPSA) is 92.5 Å². The fourth-order valence-electron chi connectivity index (χ4n) is 2.16. The van der Waals surface area contributed by atoms with E-state index >= 15 is 0 Å². The van der Waals surface area contributed by atoms with Gasteiger partial charge in [0.25, 0.3) is 11.8 Å². The summed E-state index contributed by atoms with van der Waals surface area (Å²) in [5, 5.41) is 2.08. The predicted molar refractivity (Wildman–Crippen MR) is 99.4 cm³/mol. The van der Waals surface area contributed by atoms with E-state index in [0.29, 0.717) is 25.9 Å². The first-order chi connectivity index (χ1) is 11.7. The van der Waals surface area contributed by atoms with Crippen LogP contribution < -0.4 is 11.1 Å². The van der Waals surface area contributed by atoms with Gasteiger partial charge in [-0.3, -0.25) is 4.79 Å². The highest BCUT2D eigenvalue weighted by Crippen LogP contribution is 2.17. The van der Waals surface area contributed by atoms with Crippen molar-refractivity contribution in [2.45, 2.75) is 37.5 Å². The van der Waals surface area contributed by atoms with E-state index in [0.717, 1.165) is 0 Å². The smallest absolute Gasteiger partial charge is 0.277 e. The van der Waals surface area contributed by atoms with Gasteiger partial charge >= 0.3 is 0 Å². The first-order valence-corrected chi connectivity index (χ1v) is 9.58. The molecule has 0 unspecified atom stereocenters. The lowest BCUT2D eigenvalue weighted by atomic mass is 10.2. The van der Waals surface area contributed by atoms with Crippen molar-refractivity contribution in [3.63, 3.8) is 0 Å². The Morgan fingerprint density at radius 3 is 2.08 bits per heavy atom. The van der Waals surface area contributed by atoms with E-state index < -0.39 is 34.9 Å². The average molecular weight is 414 g/mol. The summed E-state index contributed by atoms with van der Waals surface area (Å²) in [7, 11) is -3.64. The third-order valence-electron chi connectivity index (χ3n) is 3.51. The van der Waals surface area contributed by atoms with Gasteiger partial charge in [-0.05, 0) is 37.1 Å². The number of benzene rings is 1. The largest absolute Gasteiger partial charge is 0.346 e. The molecular formula is C16H26ClF2N3O3S. The summed E-state index contributed by atoms with van der Waals surface area (Å²) in [6.45, 7) is 2.86. The number of carbonyl (C=O) groups excluding carboxylic acids is 1. The lowest BCUT2D eigenvalue weighted by molar-refractivity contribution is 0.0118. The zero-order chi connectivity index (χ0) is 19.1. The molecule has 26 heavy (non-hydrogen) atoms. The number of nitrogens with one attached hydrogen (secondary N) is 1. The molecule has 0 aromatic heterocycles. The predicted octanol–water partition coefficient (Wildman–Crippen LogP) is 2.24.